The van der Waals surface area contributed by atoms with Gasteiger partial charge < -0.3 is 0 Å². The van der Waals surface area contributed by atoms with Gasteiger partial charge in [-0.3, -0.25) is 4.79 Å². The molecule has 0 N–H and O–H groups in total. The minimum atomic E-state index is -4.64. The van der Waals surface area contributed by atoms with Gasteiger partial charge in [-0.05, 0) is 36.4 Å². The average Bonchev–Trinajstić information content (AvgIpc) is 2.44. The molecule has 128 valence electrons. The first-order valence-corrected chi connectivity index (χ1v) is 6.95. The van der Waals surface area contributed by atoms with Gasteiger partial charge in [-0.25, -0.2) is 0 Å². The maximum Gasteiger partial charge on any atom is 0.416 e. The largest absolute Gasteiger partial charge is 0.416 e. The molecule has 0 aliphatic carbocycles. The lowest BCUT2D eigenvalue weighted by atomic mass is 10.0. The molecule has 0 spiro atoms. The highest BCUT2D eigenvalue weighted by Gasteiger charge is 2.33. The standard InChI is InChI=1S/C15H6Cl2F6O/c16-11-5-7(14(18,19)20)1-3-9(11)13(24)10-4-2-8(6-12(10)17)15(21,22)23/h1-6H. The Morgan fingerprint density at radius 2 is 1.04 bits per heavy atom. The maximum absolute atomic E-state index is 12.6. The van der Waals surface area contributed by atoms with Crippen molar-refractivity contribution in [1.29, 1.82) is 0 Å². The molecular formula is C15H6Cl2F6O. The molecule has 0 saturated carbocycles. The smallest absolute Gasteiger partial charge is 0.288 e. The summed E-state index contributed by atoms with van der Waals surface area (Å²) in [5, 5.41) is -0.962. The van der Waals surface area contributed by atoms with Crippen molar-refractivity contribution >= 4 is 29.0 Å². The second kappa shape index (κ2) is 6.29. The predicted molar refractivity (Wildman–Crippen MR) is 76.3 cm³/mol. The van der Waals surface area contributed by atoms with Gasteiger partial charge in [-0.1, -0.05) is 23.2 Å². The number of alkyl halides is 6. The average molecular weight is 387 g/mol. The van der Waals surface area contributed by atoms with E-state index in [1.807, 2.05) is 0 Å². The highest BCUT2D eigenvalue weighted by Crippen LogP contribution is 2.35. The number of carbonyl (C=O) groups is 1. The Kier molecular flexibility index (Phi) is 4.88. The number of hydrogen-bond acceptors (Lipinski definition) is 1. The molecule has 0 amide bonds. The summed E-state index contributed by atoms with van der Waals surface area (Å²) >= 11 is 11.4. The van der Waals surface area contributed by atoms with Crippen LogP contribution in [-0.2, 0) is 12.4 Å². The van der Waals surface area contributed by atoms with Gasteiger partial charge in [0.1, 0.15) is 0 Å². The number of rotatable bonds is 2. The minimum absolute atomic E-state index is 0.300. The van der Waals surface area contributed by atoms with Crippen molar-refractivity contribution in [3.63, 3.8) is 0 Å². The van der Waals surface area contributed by atoms with Crippen LogP contribution in [-0.4, -0.2) is 5.78 Å². The molecule has 9 heteroatoms. The van der Waals surface area contributed by atoms with Crippen LogP contribution in [0.1, 0.15) is 27.0 Å². The fourth-order valence-corrected chi connectivity index (χ4v) is 2.43. The topological polar surface area (TPSA) is 17.1 Å². The third kappa shape index (κ3) is 3.84. The lowest BCUT2D eigenvalue weighted by Gasteiger charge is -2.11. The Labute approximate surface area is 141 Å². The Morgan fingerprint density at radius 3 is 1.29 bits per heavy atom. The Hall–Kier alpha value is -1.73. The molecule has 0 radical (unpaired) electrons. The van der Waals surface area contributed by atoms with E-state index >= 15 is 0 Å². The van der Waals surface area contributed by atoms with E-state index in [4.69, 9.17) is 23.2 Å². The summed E-state index contributed by atoms with van der Waals surface area (Å²) in [5.74, 6) is -0.882. The molecule has 0 bridgehead atoms. The zero-order chi connectivity index (χ0) is 18.3. The van der Waals surface area contributed by atoms with Crippen LogP contribution in [0.3, 0.4) is 0 Å². The number of benzene rings is 2. The molecule has 24 heavy (non-hydrogen) atoms. The summed E-state index contributed by atoms with van der Waals surface area (Å²) < 4.78 is 75.4. The molecule has 2 rings (SSSR count). The van der Waals surface area contributed by atoms with Crippen LogP contribution in [0.4, 0.5) is 26.3 Å². The van der Waals surface area contributed by atoms with E-state index in [-0.39, 0.29) is 11.1 Å². The van der Waals surface area contributed by atoms with Crippen molar-refractivity contribution in [2.75, 3.05) is 0 Å². The number of halogens is 8. The Bertz CT molecular complexity index is 730. The summed E-state index contributed by atoms with van der Waals surface area (Å²) in [7, 11) is 0. The van der Waals surface area contributed by atoms with Gasteiger partial charge in [0, 0.05) is 11.1 Å². The summed E-state index contributed by atoms with van der Waals surface area (Å²) in [5.41, 5.74) is -2.71. The molecule has 2 aromatic carbocycles. The molecule has 2 aromatic rings. The second-order valence-electron chi connectivity index (χ2n) is 4.71. The van der Waals surface area contributed by atoms with Crippen molar-refractivity contribution < 1.29 is 31.1 Å². The first-order chi connectivity index (χ1) is 10.9. The Morgan fingerprint density at radius 1 is 0.708 bits per heavy atom. The lowest BCUT2D eigenvalue weighted by molar-refractivity contribution is -0.138. The van der Waals surface area contributed by atoms with Crippen LogP contribution in [0.25, 0.3) is 0 Å². The monoisotopic (exact) mass is 386 g/mol. The molecule has 0 atom stereocenters. The van der Waals surface area contributed by atoms with Gasteiger partial charge >= 0.3 is 12.4 Å². The third-order valence-corrected chi connectivity index (χ3v) is 3.71. The first kappa shape index (κ1) is 18.6. The quantitative estimate of drug-likeness (QED) is 0.439. The van der Waals surface area contributed by atoms with Crippen LogP contribution in [0.2, 0.25) is 10.0 Å². The second-order valence-corrected chi connectivity index (χ2v) is 5.53. The molecule has 0 saturated heterocycles. The van der Waals surface area contributed by atoms with E-state index in [9.17, 15) is 31.1 Å². The molecule has 0 fully saturated rings. The number of carbonyl (C=O) groups excluding carboxylic acids is 1. The highest BCUT2D eigenvalue weighted by molar-refractivity contribution is 6.38. The third-order valence-electron chi connectivity index (χ3n) is 3.08. The van der Waals surface area contributed by atoms with Gasteiger partial charge in [-0.2, -0.15) is 26.3 Å². The van der Waals surface area contributed by atoms with E-state index in [1.54, 1.807) is 0 Å². The van der Waals surface area contributed by atoms with Crippen LogP contribution >= 0.6 is 23.2 Å². The van der Waals surface area contributed by atoms with E-state index in [1.165, 1.54) is 0 Å². The van der Waals surface area contributed by atoms with Gasteiger partial charge in [0.15, 0.2) is 5.78 Å². The fraction of sp³-hybridized carbons (Fsp3) is 0.133. The fourth-order valence-electron chi connectivity index (χ4n) is 1.90. The summed E-state index contributed by atoms with van der Waals surface area (Å²) in [6.07, 6.45) is -9.28. The summed E-state index contributed by atoms with van der Waals surface area (Å²) in [6, 6.07) is 4.12. The van der Waals surface area contributed by atoms with Crippen LogP contribution in [0, 0.1) is 0 Å². The van der Waals surface area contributed by atoms with Crippen LogP contribution in [0.5, 0.6) is 0 Å². The van der Waals surface area contributed by atoms with Crippen LogP contribution in [0.15, 0.2) is 36.4 Å². The molecule has 0 unspecified atom stereocenters. The van der Waals surface area contributed by atoms with Crippen molar-refractivity contribution in [2.45, 2.75) is 12.4 Å². The summed E-state index contributed by atoms with van der Waals surface area (Å²) in [4.78, 5) is 12.3. The van der Waals surface area contributed by atoms with Crippen molar-refractivity contribution in [3.8, 4) is 0 Å². The maximum atomic E-state index is 12.6. The minimum Gasteiger partial charge on any atom is -0.288 e. The van der Waals surface area contributed by atoms with E-state index < -0.39 is 39.3 Å². The van der Waals surface area contributed by atoms with Gasteiger partial charge in [0.2, 0.25) is 0 Å². The normalized spacial score (nSPS) is 12.3. The Balaban J connectivity index is 2.43. The first-order valence-electron chi connectivity index (χ1n) is 6.19. The molecule has 0 aromatic heterocycles. The molecule has 0 heterocycles. The van der Waals surface area contributed by atoms with Gasteiger partial charge in [-0.15, -0.1) is 0 Å². The van der Waals surface area contributed by atoms with Crippen molar-refractivity contribution in [1.82, 2.24) is 0 Å². The van der Waals surface area contributed by atoms with Crippen LogP contribution < -0.4 is 0 Å². The zero-order valence-electron chi connectivity index (χ0n) is 11.4. The number of ketones is 1. The van der Waals surface area contributed by atoms with Crippen molar-refractivity contribution in [3.05, 3.63) is 68.7 Å². The molecule has 0 aliphatic rings. The lowest BCUT2D eigenvalue weighted by Crippen LogP contribution is -2.09. The molecule has 1 nitrogen and oxygen atoms in total. The zero-order valence-corrected chi connectivity index (χ0v) is 12.9. The molecular weight excluding hydrogens is 381 g/mol. The van der Waals surface area contributed by atoms with E-state index in [0.29, 0.717) is 24.3 Å². The SMILES string of the molecule is O=C(c1ccc(C(F)(F)F)cc1Cl)c1ccc(C(F)(F)F)cc1Cl. The van der Waals surface area contributed by atoms with Crippen molar-refractivity contribution in [2.24, 2.45) is 0 Å². The highest BCUT2D eigenvalue weighted by atomic mass is 35.5. The van der Waals surface area contributed by atoms with E-state index in [0.717, 1.165) is 12.1 Å². The molecule has 0 aliphatic heterocycles. The van der Waals surface area contributed by atoms with Gasteiger partial charge in [0.25, 0.3) is 0 Å². The van der Waals surface area contributed by atoms with E-state index in [2.05, 4.69) is 0 Å². The summed E-state index contributed by atoms with van der Waals surface area (Å²) in [6.45, 7) is 0. The van der Waals surface area contributed by atoms with Gasteiger partial charge in [0.05, 0.1) is 21.2 Å². The predicted octanol–water partition coefficient (Wildman–Crippen LogP) is 6.26. The number of hydrogen-bond donors (Lipinski definition) is 0.